The van der Waals surface area contributed by atoms with Gasteiger partial charge in [0.1, 0.15) is 0 Å². The molecule has 146 valence electrons. The van der Waals surface area contributed by atoms with Gasteiger partial charge in [-0.15, -0.1) is 0 Å². The van der Waals surface area contributed by atoms with Crippen molar-refractivity contribution in [3.8, 4) is 0 Å². The Kier molecular flexibility index (Phi) is 4.89. The minimum atomic E-state index is -3.57. The second-order valence-corrected chi connectivity index (χ2v) is 10.4. The molecule has 0 atom stereocenters. The van der Waals surface area contributed by atoms with Gasteiger partial charge in [-0.2, -0.15) is 21.2 Å². The third-order valence-electron chi connectivity index (χ3n) is 5.04. The van der Waals surface area contributed by atoms with Crippen molar-refractivity contribution in [1.82, 2.24) is 23.6 Å². The number of hydrogen-bond donors (Lipinski definition) is 0. The third kappa shape index (κ3) is 3.57. The molecule has 1 saturated heterocycles. The second kappa shape index (κ2) is 7.06. The Labute approximate surface area is 162 Å². The number of sulfonamides is 1. The monoisotopic (exact) mass is 409 g/mol. The van der Waals surface area contributed by atoms with Crippen molar-refractivity contribution in [1.29, 1.82) is 0 Å². The van der Waals surface area contributed by atoms with Gasteiger partial charge in [0.05, 0.1) is 18.6 Å². The largest absolute Gasteiger partial charge is 0.334 e. The smallest absolute Gasteiger partial charge is 0.267 e. The van der Waals surface area contributed by atoms with Crippen LogP contribution in [0.3, 0.4) is 0 Å². The van der Waals surface area contributed by atoms with E-state index < -0.39 is 10.0 Å². The molecule has 2 aliphatic rings. The summed E-state index contributed by atoms with van der Waals surface area (Å²) in [4.78, 5) is 16.3. The van der Waals surface area contributed by atoms with Crippen LogP contribution in [0.25, 0.3) is 0 Å². The lowest BCUT2D eigenvalue weighted by Gasteiger charge is -2.37. The Hall–Kier alpha value is -1.65. The molecule has 0 amide bonds. The van der Waals surface area contributed by atoms with Gasteiger partial charge in [-0.25, -0.2) is 18.1 Å². The summed E-state index contributed by atoms with van der Waals surface area (Å²) in [6.07, 6.45) is 3.99. The molecule has 4 rings (SSSR count). The van der Waals surface area contributed by atoms with Crippen LogP contribution in [0.15, 0.2) is 28.4 Å². The summed E-state index contributed by atoms with van der Waals surface area (Å²) in [5, 5.41) is 4.59. The molecule has 0 aliphatic carbocycles. The van der Waals surface area contributed by atoms with Gasteiger partial charge >= 0.3 is 0 Å². The maximum Gasteiger partial charge on any atom is 0.267 e. The number of hydrogen-bond acceptors (Lipinski definition) is 6. The van der Waals surface area contributed by atoms with Crippen molar-refractivity contribution >= 4 is 21.8 Å². The fraction of sp³-hybridized carbons (Fsp3) is 0.588. The fourth-order valence-electron chi connectivity index (χ4n) is 3.33. The lowest BCUT2D eigenvalue weighted by molar-refractivity contribution is 0.172. The summed E-state index contributed by atoms with van der Waals surface area (Å²) in [5.41, 5.74) is 1.93. The van der Waals surface area contributed by atoms with Crippen LogP contribution in [-0.4, -0.2) is 50.9 Å². The topological polar surface area (TPSA) is 90.1 Å². The number of imidazole rings is 1. The Balaban J connectivity index is 1.43. The first kappa shape index (κ1) is 18.7. The molecule has 0 radical (unpaired) electrons. The number of aryl methyl sites for hydroxylation is 1. The molecule has 27 heavy (non-hydrogen) atoms. The van der Waals surface area contributed by atoms with E-state index in [1.54, 1.807) is 23.2 Å². The number of fused-ring (bicyclic) bond motifs is 1. The number of nitrogens with zero attached hydrogens (tertiary/aromatic N) is 5. The lowest BCUT2D eigenvalue weighted by Crippen LogP contribution is -2.52. The molecule has 2 aromatic heterocycles. The van der Waals surface area contributed by atoms with Crippen LogP contribution >= 0.6 is 11.8 Å². The predicted octanol–water partition coefficient (Wildman–Crippen LogP) is 1.13. The Morgan fingerprint density at radius 3 is 2.81 bits per heavy atom. The van der Waals surface area contributed by atoms with Gasteiger partial charge in [0.25, 0.3) is 15.6 Å². The predicted molar refractivity (Wildman–Crippen MR) is 103 cm³/mol. The third-order valence-corrected chi connectivity index (χ3v) is 7.76. The highest BCUT2D eigenvalue weighted by Crippen LogP contribution is 2.26. The highest BCUT2D eigenvalue weighted by Gasteiger charge is 2.38. The first-order valence-corrected chi connectivity index (χ1v) is 11.7. The van der Waals surface area contributed by atoms with Crippen molar-refractivity contribution in [2.75, 3.05) is 18.8 Å². The molecular formula is C17H23N5O3S2. The van der Waals surface area contributed by atoms with Gasteiger partial charge in [0.2, 0.25) is 0 Å². The second-order valence-electron chi connectivity index (χ2n) is 7.38. The summed E-state index contributed by atoms with van der Waals surface area (Å²) in [5.74, 6) is 1.96. The van der Waals surface area contributed by atoms with E-state index >= 15 is 0 Å². The molecule has 4 heterocycles. The molecule has 0 N–H and O–H groups in total. The van der Waals surface area contributed by atoms with E-state index in [9.17, 15) is 13.2 Å². The van der Waals surface area contributed by atoms with E-state index in [1.807, 2.05) is 25.6 Å². The van der Waals surface area contributed by atoms with Crippen molar-refractivity contribution in [3.05, 3.63) is 40.2 Å². The van der Waals surface area contributed by atoms with Gasteiger partial charge in [0, 0.05) is 49.5 Å². The molecule has 10 heteroatoms. The van der Waals surface area contributed by atoms with Crippen LogP contribution < -0.4 is 5.56 Å². The Morgan fingerprint density at radius 1 is 1.33 bits per heavy atom. The molecule has 0 saturated carbocycles. The summed E-state index contributed by atoms with van der Waals surface area (Å²) >= 11 is 1.82. The Bertz CT molecular complexity index is 1010. The van der Waals surface area contributed by atoms with Gasteiger partial charge < -0.3 is 4.57 Å². The first-order chi connectivity index (χ1) is 12.8. The minimum Gasteiger partial charge on any atom is -0.334 e. The van der Waals surface area contributed by atoms with Crippen molar-refractivity contribution in [2.45, 2.75) is 43.6 Å². The standard InChI is InChI=1S/C17H23N5O3S2/c1-12(2)20-9-16(18-11-20)27(24,25)21-6-13(7-21)8-22-17(23)5-14-10-26-4-3-15(14)19-22/h5,9,11-13H,3-4,6-8,10H2,1-2H3. The molecule has 2 aliphatic heterocycles. The van der Waals surface area contributed by atoms with Gasteiger partial charge in [-0.3, -0.25) is 4.79 Å². The maximum absolute atomic E-state index is 12.7. The van der Waals surface area contributed by atoms with E-state index in [4.69, 9.17) is 0 Å². The van der Waals surface area contributed by atoms with Crippen LogP contribution in [0.4, 0.5) is 0 Å². The summed E-state index contributed by atoms with van der Waals surface area (Å²) in [7, 11) is -3.57. The van der Waals surface area contributed by atoms with E-state index in [2.05, 4.69) is 10.1 Å². The highest BCUT2D eigenvalue weighted by molar-refractivity contribution is 7.98. The quantitative estimate of drug-likeness (QED) is 0.735. The van der Waals surface area contributed by atoms with Gasteiger partial charge in [-0.1, -0.05) is 0 Å². The van der Waals surface area contributed by atoms with Crippen LogP contribution in [0.5, 0.6) is 0 Å². The normalized spacial score (nSPS) is 18.5. The SMILES string of the molecule is CC(C)n1cnc(S(=O)(=O)N2CC(Cn3nc4c(cc3=O)CSCC4)C2)c1. The first-order valence-electron chi connectivity index (χ1n) is 9.06. The zero-order valence-electron chi connectivity index (χ0n) is 15.4. The maximum atomic E-state index is 12.7. The lowest BCUT2D eigenvalue weighted by atomic mass is 10.0. The van der Waals surface area contributed by atoms with Crippen molar-refractivity contribution in [2.24, 2.45) is 5.92 Å². The number of aromatic nitrogens is 4. The van der Waals surface area contributed by atoms with Crippen LogP contribution in [0.1, 0.15) is 31.1 Å². The van der Waals surface area contributed by atoms with Crippen LogP contribution in [0.2, 0.25) is 0 Å². The molecule has 0 aromatic carbocycles. The molecule has 2 aromatic rings. The number of thioether (sulfide) groups is 1. The minimum absolute atomic E-state index is 0.0798. The molecular weight excluding hydrogens is 386 g/mol. The number of rotatable bonds is 5. The molecule has 0 spiro atoms. The zero-order valence-corrected chi connectivity index (χ0v) is 17.0. The van der Waals surface area contributed by atoms with Crippen molar-refractivity contribution < 1.29 is 8.42 Å². The van der Waals surface area contributed by atoms with Gasteiger partial charge in [0.15, 0.2) is 5.03 Å². The Morgan fingerprint density at radius 2 is 2.11 bits per heavy atom. The van der Waals surface area contributed by atoms with Gasteiger partial charge in [-0.05, 0) is 25.2 Å². The molecule has 8 nitrogen and oxygen atoms in total. The fourth-order valence-corrected chi connectivity index (χ4v) is 5.79. The molecule has 0 bridgehead atoms. The molecule has 1 fully saturated rings. The van der Waals surface area contributed by atoms with Crippen LogP contribution in [-0.2, 0) is 28.7 Å². The van der Waals surface area contributed by atoms with E-state index in [1.165, 1.54) is 8.99 Å². The summed E-state index contributed by atoms with van der Waals surface area (Å²) in [6, 6.07) is 1.84. The average Bonchev–Trinajstić information content (AvgIpc) is 3.09. The summed E-state index contributed by atoms with van der Waals surface area (Å²) < 4.78 is 30.0. The highest BCUT2D eigenvalue weighted by atomic mass is 32.2. The molecule has 0 unspecified atom stereocenters. The van der Waals surface area contributed by atoms with E-state index in [0.717, 1.165) is 29.2 Å². The van der Waals surface area contributed by atoms with E-state index in [-0.39, 0.29) is 22.5 Å². The average molecular weight is 410 g/mol. The zero-order chi connectivity index (χ0) is 19.2. The summed E-state index contributed by atoms with van der Waals surface area (Å²) in [6.45, 7) is 5.17. The van der Waals surface area contributed by atoms with Crippen molar-refractivity contribution in [3.63, 3.8) is 0 Å². The van der Waals surface area contributed by atoms with E-state index in [0.29, 0.717) is 19.6 Å². The van der Waals surface area contributed by atoms with Crippen LogP contribution in [0, 0.1) is 5.92 Å².